The van der Waals surface area contributed by atoms with Crippen LogP contribution in [0.5, 0.6) is 0 Å². The number of anilines is 1. The fraction of sp³-hybridized carbons (Fsp3) is 0.263. The first-order chi connectivity index (χ1) is 13.3. The van der Waals surface area contributed by atoms with Crippen LogP contribution in [0.25, 0.3) is 0 Å². The predicted octanol–water partition coefficient (Wildman–Crippen LogP) is 5.60. The lowest BCUT2D eigenvalue weighted by Gasteiger charge is -2.27. The minimum Gasteiger partial charge on any atom is -0.341 e. The zero-order valence-corrected chi connectivity index (χ0v) is 17.4. The molecule has 29 heavy (non-hydrogen) atoms. The molecule has 1 heterocycles. The quantitative estimate of drug-likeness (QED) is 0.547. The smallest absolute Gasteiger partial charge is 0.341 e. The van der Waals surface area contributed by atoms with Crippen LogP contribution in [-0.2, 0) is 4.79 Å². The largest absolute Gasteiger partial charge is 0.402 e. The first kappa shape index (κ1) is 21.6. The summed E-state index contributed by atoms with van der Waals surface area (Å²) in [4.78, 5) is 24.8. The second-order valence-corrected chi connectivity index (χ2v) is 8.39. The van der Waals surface area contributed by atoms with Crippen molar-refractivity contribution in [2.75, 3.05) is 5.32 Å². The maximum Gasteiger partial charge on any atom is 0.402 e. The molecule has 2 amide bonds. The summed E-state index contributed by atoms with van der Waals surface area (Å²) in [6, 6.07) is 5.46. The average molecular weight is 494 g/mol. The molecule has 2 aromatic rings. The summed E-state index contributed by atoms with van der Waals surface area (Å²) in [5.41, 5.74) is -2.14. The van der Waals surface area contributed by atoms with Crippen LogP contribution in [0.1, 0.15) is 41.4 Å². The zero-order valence-electron chi connectivity index (χ0n) is 15.0. The minimum atomic E-state index is -4.79. The SMILES string of the molecule is CC(C)(C(=O)Nc1cc(Br)cc2c1C(c1cc(F)ccc1Cl)NC2=O)C(F)(F)F. The van der Waals surface area contributed by atoms with Gasteiger partial charge in [-0.05, 0) is 44.2 Å². The number of hydrogen-bond acceptors (Lipinski definition) is 2. The van der Waals surface area contributed by atoms with Gasteiger partial charge in [-0.2, -0.15) is 13.2 Å². The fourth-order valence-corrected chi connectivity index (χ4v) is 3.56. The van der Waals surface area contributed by atoms with Crippen molar-refractivity contribution in [3.8, 4) is 0 Å². The molecule has 0 saturated heterocycles. The Bertz CT molecular complexity index is 1020. The molecule has 1 aliphatic rings. The van der Waals surface area contributed by atoms with Crippen molar-refractivity contribution < 1.29 is 27.2 Å². The second kappa shape index (κ2) is 7.28. The first-order valence-corrected chi connectivity index (χ1v) is 9.47. The van der Waals surface area contributed by atoms with E-state index in [1.807, 2.05) is 0 Å². The van der Waals surface area contributed by atoms with Crippen LogP contribution in [0.3, 0.4) is 0 Å². The van der Waals surface area contributed by atoms with Crippen molar-refractivity contribution in [3.63, 3.8) is 0 Å². The maximum absolute atomic E-state index is 13.8. The van der Waals surface area contributed by atoms with E-state index >= 15 is 0 Å². The summed E-state index contributed by atoms with van der Waals surface area (Å²) < 4.78 is 53.9. The molecule has 3 rings (SSSR count). The molecule has 0 spiro atoms. The Morgan fingerprint density at radius 3 is 2.48 bits per heavy atom. The molecule has 154 valence electrons. The van der Waals surface area contributed by atoms with E-state index in [0.29, 0.717) is 4.47 Å². The topological polar surface area (TPSA) is 58.2 Å². The number of amides is 2. The van der Waals surface area contributed by atoms with Gasteiger partial charge in [0.25, 0.3) is 5.91 Å². The highest BCUT2D eigenvalue weighted by molar-refractivity contribution is 9.10. The van der Waals surface area contributed by atoms with Gasteiger partial charge in [0.1, 0.15) is 11.2 Å². The third-order valence-corrected chi connectivity index (χ3v) is 5.55. The van der Waals surface area contributed by atoms with E-state index in [1.165, 1.54) is 18.2 Å². The molecule has 0 aliphatic carbocycles. The van der Waals surface area contributed by atoms with Gasteiger partial charge in [-0.3, -0.25) is 9.59 Å². The van der Waals surface area contributed by atoms with Gasteiger partial charge >= 0.3 is 6.18 Å². The Morgan fingerprint density at radius 1 is 1.21 bits per heavy atom. The van der Waals surface area contributed by atoms with E-state index in [0.717, 1.165) is 26.0 Å². The molecule has 0 radical (unpaired) electrons. The predicted molar refractivity (Wildman–Crippen MR) is 103 cm³/mol. The Hall–Kier alpha value is -2.13. The molecule has 2 aromatic carbocycles. The standard InChI is InChI=1S/C19H14BrClF4N2O2/c1-18(2,19(23,24)25)17(29)26-13-6-8(20)5-11-14(13)15(27-16(11)28)10-7-9(22)3-4-12(10)21/h3-7,15H,1-2H3,(H,26,29)(H,27,28). The van der Waals surface area contributed by atoms with Crippen molar-refractivity contribution >= 4 is 45.0 Å². The van der Waals surface area contributed by atoms with Crippen molar-refractivity contribution in [2.45, 2.75) is 26.1 Å². The van der Waals surface area contributed by atoms with Gasteiger partial charge in [-0.25, -0.2) is 4.39 Å². The van der Waals surface area contributed by atoms with Gasteiger partial charge in [-0.15, -0.1) is 0 Å². The second-order valence-electron chi connectivity index (χ2n) is 7.06. The molecule has 0 aromatic heterocycles. The summed E-state index contributed by atoms with van der Waals surface area (Å²) in [6.07, 6.45) is -4.79. The van der Waals surface area contributed by atoms with Crippen molar-refractivity contribution in [3.05, 3.63) is 62.3 Å². The summed E-state index contributed by atoms with van der Waals surface area (Å²) in [7, 11) is 0. The van der Waals surface area contributed by atoms with Gasteiger partial charge in [0, 0.05) is 31.9 Å². The van der Waals surface area contributed by atoms with E-state index in [9.17, 15) is 27.2 Å². The number of carbonyl (C=O) groups excluding carboxylic acids is 2. The molecule has 1 unspecified atom stereocenters. The van der Waals surface area contributed by atoms with Gasteiger partial charge in [-0.1, -0.05) is 27.5 Å². The van der Waals surface area contributed by atoms with Crippen molar-refractivity contribution in [1.29, 1.82) is 0 Å². The number of hydrogen-bond donors (Lipinski definition) is 2. The number of rotatable bonds is 3. The molecular formula is C19H14BrClF4N2O2. The zero-order chi connectivity index (χ0) is 21.7. The summed E-state index contributed by atoms with van der Waals surface area (Å²) in [5.74, 6) is -2.43. The van der Waals surface area contributed by atoms with E-state index in [2.05, 4.69) is 26.6 Å². The summed E-state index contributed by atoms with van der Waals surface area (Å²) in [5, 5.41) is 5.05. The highest BCUT2D eigenvalue weighted by atomic mass is 79.9. The molecule has 0 bridgehead atoms. The summed E-state index contributed by atoms with van der Waals surface area (Å²) >= 11 is 9.33. The van der Waals surface area contributed by atoms with Crippen LogP contribution < -0.4 is 10.6 Å². The van der Waals surface area contributed by atoms with Crippen LogP contribution in [0.4, 0.5) is 23.2 Å². The Balaban J connectivity index is 2.12. The molecule has 10 heteroatoms. The lowest BCUT2D eigenvalue weighted by molar-refractivity contribution is -0.208. The number of halogens is 6. The Labute approximate surface area is 176 Å². The molecular weight excluding hydrogens is 480 g/mol. The normalized spacial score (nSPS) is 16.4. The van der Waals surface area contributed by atoms with Crippen LogP contribution in [0.15, 0.2) is 34.8 Å². The maximum atomic E-state index is 13.8. The van der Waals surface area contributed by atoms with E-state index in [4.69, 9.17) is 11.6 Å². The molecule has 4 nitrogen and oxygen atoms in total. The lowest BCUT2D eigenvalue weighted by atomic mass is 9.90. The van der Waals surface area contributed by atoms with Crippen LogP contribution in [0.2, 0.25) is 5.02 Å². The molecule has 1 aliphatic heterocycles. The van der Waals surface area contributed by atoms with E-state index < -0.39 is 35.3 Å². The summed E-state index contributed by atoms with van der Waals surface area (Å²) in [6.45, 7) is 1.51. The molecule has 2 N–H and O–H groups in total. The molecule has 0 saturated carbocycles. The van der Waals surface area contributed by atoms with Crippen LogP contribution in [0, 0.1) is 11.2 Å². The minimum absolute atomic E-state index is 0.0135. The Morgan fingerprint density at radius 2 is 1.86 bits per heavy atom. The molecule has 1 atom stereocenters. The Kier molecular flexibility index (Phi) is 5.42. The van der Waals surface area contributed by atoms with E-state index in [1.54, 1.807) is 0 Å². The van der Waals surface area contributed by atoms with Crippen LogP contribution in [-0.4, -0.2) is 18.0 Å². The highest BCUT2D eigenvalue weighted by Gasteiger charge is 2.53. The fourth-order valence-electron chi connectivity index (χ4n) is 2.88. The third-order valence-electron chi connectivity index (χ3n) is 4.75. The van der Waals surface area contributed by atoms with Crippen molar-refractivity contribution in [2.24, 2.45) is 5.41 Å². The lowest BCUT2D eigenvalue weighted by Crippen LogP contribution is -2.43. The van der Waals surface area contributed by atoms with Gasteiger partial charge in [0.15, 0.2) is 0 Å². The van der Waals surface area contributed by atoms with Crippen molar-refractivity contribution in [1.82, 2.24) is 5.32 Å². The average Bonchev–Trinajstić information content (AvgIpc) is 2.92. The number of nitrogens with one attached hydrogen (secondary N) is 2. The number of fused-ring (bicyclic) bond motifs is 1. The highest BCUT2D eigenvalue weighted by Crippen LogP contribution is 2.43. The van der Waals surface area contributed by atoms with Gasteiger partial charge in [0.2, 0.25) is 5.91 Å². The number of carbonyl (C=O) groups is 2. The third kappa shape index (κ3) is 3.85. The number of benzene rings is 2. The monoisotopic (exact) mass is 492 g/mol. The van der Waals surface area contributed by atoms with Gasteiger partial charge < -0.3 is 10.6 Å². The first-order valence-electron chi connectivity index (χ1n) is 8.30. The number of alkyl halides is 3. The van der Waals surface area contributed by atoms with Crippen LogP contribution >= 0.6 is 27.5 Å². The van der Waals surface area contributed by atoms with Gasteiger partial charge in [0.05, 0.1) is 6.04 Å². The molecule has 0 fully saturated rings. The van der Waals surface area contributed by atoms with E-state index in [-0.39, 0.29) is 27.4 Å².